The van der Waals surface area contributed by atoms with Crippen LogP contribution in [0.15, 0.2) is 54.6 Å². The normalized spacial score (nSPS) is 14.7. The zero-order valence-corrected chi connectivity index (χ0v) is 17.1. The van der Waals surface area contributed by atoms with Crippen LogP contribution in [-0.2, 0) is 4.74 Å². The maximum absolute atomic E-state index is 12.2. The van der Waals surface area contributed by atoms with E-state index in [0.717, 1.165) is 33.5 Å². The number of rotatable bonds is 6. The Morgan fingerprint density at radius 2 is 1.67 bits per heavy atom. The summed E-state index contributed by atoms with van der Waals surface area (Å²) in [6.45, 7) is 3.82. The van der Waals surface area contributed by atoms with E-state index in [4.69, 9.17) is 4.74 Å². The fourth-order valence-electron chi connectivity index (χ4n) is 4.20. The molecule has 4 rings (SSSR count). The number of aromatic nitrogens is 1. The fraction of sp³-hybridized carbons (Fsp3) is 0.292. The van der Waals surface area contributed by atoms with Crippen LogP contribution in [0, 0.1) is 13.8 Å². The first-order valence-electron chi connectivity index (χ1n) is 10.1. The number of aliphatic hydroxyl groups excluding tert-OH is 2. The second-order valence-corrected chi connectivity index (χ2v) is 7.77. The first-order valence-corrected chi connectivity index (χ1v) is 10.1. The zero-order valence-electron chi connectivity index (χ0n) is 17.1. The molecule has 156 valence electrons. The maximum atomic E-state index is 12.2. The quantitative estimate of drug-likeness (QED) is 0.503. The molecule has 1 amide bonds. The van der Waals surface area contributed by atoms with Gasteiger partial charge in [0.2, 0.25) is 0 Å². The van der Waals surface area contributed by atoms with E-state index in [1.54, 1.807) is 0 Å². The van der Waals surface area contributed by atoms with Gasteiger partial charge in [0.1, 0.15) is 18.8 Å². The van der Waals surface area contributed by atoms with Crippen LogP contribution in [0.5, 0.6) is 0 Å². The Morgan fingerprint density at radius 1 is 1.07 bits per heavy atom. The molecule has 2 unspecified atom stereocenters. The Kier molecular flexibility index (Phi) is 5.61. The maximum Gasteiger partial charge on any atom is 0.407 e. The molecule has 1 aliphatic carbocycles. The summed E-state index contributed by atoms with van der Waals surface area (Å²) < 4.78 is 5.45. The van der Waals surface area contributed by atoms with Crippen molar-refractivity contribution in [2.24, 2.45) is 0 Å². The molecule has 0 saturated carbocycles. The lowest BCUT2D eigenvalue weighted by Gasteiger charge is -2.19. The van der Waals surface area contributed by atoms with Gasteiger partial charge in [0, 0.05) is 23.9 Å². The predicted molar refractivity (Wildman–Crippen MR) is 114 cm³/mol. The van der Waals surface area contributed by atoms with Gasteiger partial charge in [-0.15, -0.1) is 0 Å². The van der Waals surface area contributed by atoms with Gasteiger partial charge < -0.3 is 25.3 Å². The van der Waals surface area contributed by atoms with Gasteiger partial charge >= 0.3 is 6.09 Å². The Bertz CT molecular complexity index is 1010. The lowest BCUT2D eigenvalue weighted by atomic mass is 9.98. The molecule has 30 heavy (non-hydrogen) atoms. The van der Waals surface area contributed by atoms with E-state index in [-0.39, 0.29) is 19.1 Å². The summed E-state index contributed by atoms with van der Waals surface area (Å²) in [7, 11) is 0. The number of ether oxygens (including phenoxy) is 1. The second-order valence-electron chi connectivity index (χ2n) is 7.77. The molecule has 0 aliphatic heterocycles. The van der Waals surface area contributed by atoms with Crippen LogP contribution in [0.4, 0.5) is 4.79 Å². The van der Waals surface area contributed by atoms with Crippen LogP contribution in [0.1, 0.15) is 40.1 Å². The van der Waals surface area contributed by atoms with Gasteiger partial charge in [0.15, 0.2) is 0 Å². The second kappa shape index (κ2) is 8.34. The molecule has 0 spiro atoms. The number of nitrogens with one attached hydrogen (secondary N) is 2. The van der Waals surface area contributed by atoms with E-state index in [9.17, 15) is 15.0 Å². The Morgan fingerprint density at radius 3 is 2.23 bits per heavy atom. The highest BCUT2D eigenvalue weighted by atomic mass is 16.5. The number of carbonyl (C=O) groups is 1. The smallest absolute Gasteiger partial charge is 0.407 e. The van der Waals surface area contributed by atoms with Crippen LogP contribution < -0.4 is 5.32 Å². The van der Waals surface area contributed by atoms with Crippen molar-refractivity contribution >= 4 is 6.09 Å². The van der Waals surface area contributed by atoms with Crippen molar-refractivity contribution in [3.05, 3.63) is 82.7 Å². The molecule has 1 aliphatic rings. The molecule has 0 bridgehead atoms. The van der Waals surface area contributed by atoms with Crippen LogP contribution in [0.25, 0.3) is 11.1 Å². The fourth-order valence-corrected chi connectivity index (χ4v) is 4.20. The van der Waals surface area contributed by atoms with Crippen LogP contribution in [0.3, 0.4) is 0 Å². The van der Waals surface area contributed by atoms with E-state index in [0.29, 0.717) is 5.69 Å². The third kappa shape index (κ3) is 3.84. The van der Waals surface area contributed by atoms with E-state index >= 15 is 0 Å². The van der Waals surface area contributed by atoms with Crippen LogP contribution in [0.2, 0.25) is 0 Å². The molecule has 1 aromatic heterocycles. The number of aryl methyl sites for hydroxylation is 2. The highest BCUT2D eigenvalue weighted by molar-refractivity contribution is 5.79. The predicted octanol–water partition coefficient (Wildman–Crippen LogP) is 3.56. The standard InChI is InChI=1S/C24H26N2O4/c1-14-11-15(2)26-22(14)23(28)21(27)12-25-24(29)30-13-20-18-9-5-3-7-16(18)17-8-4-6-10-19(17)20/h3-11,20-21,23,26-28H,12-13H2,1-2H3,(H,25,29). The summed E-state index contributed by atoms with van der Waals surface area (Å²) in [4.78, 5) is 15.3. The van der Waals surface area contributed by atoms with Crippen molar-refractivity contribution in [1.29, 1.82) is 0 Å². The number of H-pyrrole nitrogens is 1. The number of aromatic amines is 1. The molecule has 4 N–H and O–H groups in total. The van der Waals surface area contributed by atoms with E-state index in [1.807, 2.05) is 44.2 Å². The molecule has 2 aromatic carbocycles. The summed E-state index contributed by atoms with van der Waals surface area (Å²) in [5.74, 6) is -0.0248. The average Bonchev–Trinajstić information content (AvgIpc) is 3.26. The van der Waals surface area contributed by atoms with Crippen molar-refractivity contribution in [3.63, 3.8) is 0 Å². The summed E-state index contributed by atoms with van der Waals surface area (Å²) in [6, 6.07) is 18.2. The number of hydrogen-bond donors (Lipinski definition) is 4. The van der Waals surface area contributed by atoms with Crippen molar-refractivity contribution in [3.8, 4) is 11.1 Å². The molecular weight excluding hydrogens is 380 g/mol. The molecular formula is C24H26N2O4. The van der Waals surface area contributed by atoms with Crippen molar-refractivity contribution in [1.82, 2.24) is 10.3 Å². The highest BCUT2D eigenvalue weighted by Gasteiger charge is 2.29. The monoisotopic (exact) mass is 406 g/mol. The number of amides is 1. The zero-order chi connectivity index (χ0) is 21.3. The average molecular weight is 406 g/mol. The topological polar surface area (TPSA) is 94.6 Å². The summed E-state index contributed by atoms with van der Waals surface area (Å²) in [5.41, 5.74) is 6.92. The van der Waals surface area contributed by atoms with E-state index in [1.165, 1.54) is 0 Å². The van der Waals surface area contributed by atoms with Gasteiger partial charge in [-0.05, 0) is 47.7 Å². The van der Waals surface area contributed by atoms with Gasteiger partial charge in [-0.25, -0.2) is 4.79 Å². The minimum atomic E-state index is -1.15. The number of hydrogen-bond acceptors (Lipinski definition) is 4. The highest BCUT2D eigenvalue weighted by Crippen LogP contribution is 2.44. The number of alkyl carbamates (subject to hydrolysis) is 1. The molecule has 0 saturated heterocycles. The molecule has 0 radical (unpaired) electrons. The van der Waals surface area contributed by atoms with Crippen molar-refractivity contribution < 1.29 is 19.7 Å². The molecule has 2 atom stereocenters. The molecule has 0 fully saturated rings. The molecule has 6 nitrogen and oxygen atoms in total. The first-order chi connectivity index (χ1) is 14.5. The molecule has 6 heteroatoms. The number of carbonyl (C=O) groups excluding carboxylic acids is 1. The van der Waals surface area contributed by atoms with Gasteiger partial charge in [0.25, 0.3) is 0 Å². The SMILES string of the molecule is Cc1cc(C)c(C(O)C(O)CNC(=O)OCC2c3ccccc3-c3ccccc32)[nH]1. The lowest BCUT2D eigenvalue weighted by Crippen LogP contribution is -2.36. The van der Waals surface area contributed by atoms with E-state index < -0.39 is 18.3 Å². The third-order valence-corrected chi connectivity index (χ3v) is 5.65. The van der Waals surface area contributed by atoms with Gasteiger partial charge in [-0.1, -0.05) is 48.5 Å². The largest absolute Gasteiger partial charge is 0.449 e. The van der Waals surface area contributed by atoms with Crippen LogP contribution >= 0.6 is 0 Å². The van der Waals surface area contributed by atoms with Crippen molar-refractivity contribution in [2.75, 3.05) is 13.2 Å². The summed E-state index contributed by atoms with van der Waals surface area (Å²) >= 11 is 0. The van der Waals surface area contributed by atoms with Crippen molar-refractivity contribution in [2.45, 2.75) is 32.0 Å². The third-order valence-electron chi connectivity index (χ3n) is 5.65. The Balaban J connectivity index is 1.35. The Labute approximate surface area is 175 Å². The lowest BCUT2D eigenvalue weighted by molar-refractivity contribution is 0.0159. The number of aliphatic hydroxyl groups is 2. The van der Waals surface area contributed by atoms with Gasteiger partial charge in [0.05, 0.1) is 0 Å². The first kappa shape index (κ1) is 20.2. The molecule has 1 heterocycles. The van der Waals surface area contributed by atoms with Gasteiger partial charge in [-0.3, -0.25) is 0 Å². The number of benzene rings is 2. The molecule has 3 aromatic rings. The summed E-state index contributed by atoms with van der Waals surface area (Å²) in [5, 5.41) is 23.1. The Hall–Kier alpha value is -3.09. The summed E-state index contributed by atoms with van der Waals surface area (Å²) in [6.07, 6.45) is -2.89. The van der Waals surface area contributed by atoms with Gasteiger partial charge in [-0.2, -0.15) is 0 Å². The van der Waals surface area contributed by atoms with E-state index in [2.05, 4.69) is 34.6 Å². The minimum Gasteiger partial charge on any atom is -0.449 e. The number of fused-ring (bicyclic) bond motifs is 3. The minimum absolute atomic E-state index is 0.0248. The van der Waals surface area contributed by atoms with Crippen LogP contribution in [-0.4, -0.2) is 40.5 Å².